The van der Waals surface area contributed by atoms with Gasteiger partial charge in [-0.15, -0.1) is 0 Å². The maximum Gasteiger partial charge on any atom is 0.293 e. The zero-order valence-electron chi connectivity index (χ0n) is 19.0. The standard InChI is InChI=1S/C26H27FN2O2S/c1-6-29-22-11-16(2)19(12-21(22)17(3)14-26(29,4)5)13-23-24(30)28(25(31)32-23)15-18-7-9-20(27)10-8-18/h7-14H,6,15H2,1-5H3/b23-13-. The summed E-state index contributed by atoms with van der Waals surface area (Å²) in [5.41, 5.74) is 6.17. The van der Waals surface area contributed by atoms with E-state index < -0.39 is 0 Å². The van der Waals surface area contributed by atoms with Gasteiger partial charge in [0.15, 0.2) is 0 Å². The summed E-state index contributed by atoms with van der Waals surface area (Å²) in [6.45, 7) is 11.7. The van der Waals surface area contributed by atoms with Crippen LogP contribution in [0.3, 0.4) is 0 Å². The van der Waals surface area contributed by atoms with Crippen LogP contribution in [0.15, 0.2) is 47.4 Å². The fourth-order valence-electron chi connectivity index (χ4n) is 4.53. The van der Waals surface area contributed by atoms with Crippen LogP contribution in [0.5, 0.6) is 0 Å². The molecule has 0 aliphatic carbocycles. The molecule has 0 saturated carbocycles. The van der Waals surface area contributed by atoms with Gasteiger partial charge in [0.25, 0.3) is 11.1 Å². The molecule has 0 N–H and O–H groups in total. The molecule has 2 amide bonds. The van der Waals surface area contributed by atoms with Crippen LogP contribution in [0.25, 0.3) is 11.6 Å². The predicted molar refractivity (Wildman–Crippen MR) is 130 cm³/mol. The Balaban J connectivity index is 1.66. The molecule has 4 nitrogen and oxygen atoms in total. The van der Waals surface area contributed by atoms with Gasteiger partial charge in [0.05, 0.1) is 17.0 Å². The van der Waals surface area contributed by atoms with Gasteiger partial charge in [0.2, 0.25) is 0 Å². The largest absolute Gasteiger partial charge is 0.363 e. The van der Waals surface area contributed by atoms with Crippen molar-refractivity contribution in [1.29, 1.82) is 0 Å². The maximum atomic E-state index is 13.2. The van der Waals surface area contributed by atoms with Gasteiger partial charge in [-0.25, -0.2) is 4.39 Å². The number of likely N-dealkylation sites (N-methyl/N-ethyl adjacent to an activating group) is 1. The lowest BCUT2D eigenvalue weighted by molar-refractivity contribution is -0.123. The first kappa shape index (κ1) is 22.3. The van der Waals surface area contributed by atoms with Crippen molar-refractivity contribution < 1.29 is 14.0 Å². The van der Waals surface area contributed by atoms with Crippen LogP contribution in [-0.2, 0) is 11.3 Å². The van der Waals surface area contributed by atoms with Crippen LogP contribution in [0, 0.1) is 12.7 Å². The lowest BCUT2D eigenvalue weighted by atomic mass is 9.87. The summed E-state index contributed by atoms with van der Waals surface area (Å²) in [6, 6.07) is 10.1. The minimum absolute atomic E-state index is 0.0667. The van der Waals surface area contributed by atoms with Crippen LogP contribution >= 0.6 is 11.8 Å². The number of halogens is 1. The lowest BCUT2D eigenvalue weighted by Gasteiger charge is -2.43. The number of thioether (sulfide) groups is 1. The number of allylic oxidation sites excluding steroid dienone is 1. The quantitative estimate of drug-likeness (QED) is 0.506. The second-order valence-corrected chi connectivity index (χ2v) is 9.84. The first-order chi connectivity index (χ1) is 15.1. The van der Waals surface area contributed by atoms with E-state index in [4.69, 9.17) is 0 Å². The molecule has 2 heterocycles. The molecule has 4 rings (SSSR count). The van der Waals surface area contributed by atoms with E-state index in [0.717, 1.165) is 35.0 Å². The summed E-state index contributed by atoms with van der Waals surface area (Å²) in [7, 11) is 0. The Morgan fingerprint density at radius 1 is 1.09 bits per heavy atom. The summed E-state index contributed by atoms with van der Waals surface area (Å²) < 4.78 is 13.2. The van der Waals surface area contributed by atoms with Gasteiger partial charge in [-0.05, 0) is 99.0 Å². The van der Waals surface area contributed by atoms with Gasteiger partial charge in [0, 0.05) is 17.8 Å². The van der Waals surface area contributed by atoms with E-state index in [9.17, 15) is 14.0 Å². The molecule has 0 spiro atoms. The monoisotopic (exact) mass is 450 g/mol. The van der Waals surface area contributed by atoms with Gasteiger partial charge in [-0.1, -0.05) is 18.2 Å². The molecule has 1 fully saturated rings. The third-order valence-electron chi connectivity index (χ3n) is 6.10. The number of hydrogen-bond acceptors (Lipinski definition) is 4. The summed E-state index contributed by atoms with van der Waals surface area (Å²) in [5.74, 6) is -0.662. The molecule has 2 aliphatic rings. The Kier molecular flexibility index (Phi) is 5.76. The predicted octanol–water partition coefficient (Wildman–Crippen LogP) is 6.39. The van der Waals surface area contributed by atoms with Crippen LogP contribution in [0.1, 0.15) is 49.9 Å². The number of rotatable bonds is 4. The molecule has 1 saturated heterocycles. The SMILES string of the molecule is CCN1c2cc(C)c(/C=C3\SC(=O)N(Cc4ccc(F)cc4)C3=O)cc2C(C)=CC1(C)C. The summed E-state index contributed by atoms with van der Waals surface area (Å²) >= 11 is 0.950. The van der Waals surface area contributed by atoms with Crippen LogP contribution < -0.4 is 4.90 Å². The van der Waals surface area contributed by atoms with E-state index >= 15 is 0 Å². The molecule has 2 aliphatic heterocycles. The Morgan fingerprint density at radius 3 is 2.44 bits per heavy atom. The normalized spacial score (nSPS) is 18.9. The average Bonchev–Trinajstić information content (AvgIpc) is 2.98. The molecule has 0 aromatic heterocycles. The number of hydrogen-bond donors (Lipinski definition) is 0. The van der Waals surface area contributed by atoms with E-state index in [-0.39, 0.29) is 29.0 Å². The van der Waals surface area contributed by atoms with Gasteiger partial charge in [-0.3, -0.25) is 14.5 Å². The topological polar surface area (TPSA) is 40.6 Å². The number of imide groups is 1. The highest BCUT2D eigenvalue weighted by molar-refractivity contribution is 8.18. The van der Waals surface area contributed by atoms with Gasteiger partial charge in [-0.2, -0.15) is 0 Å². The third-order valence-corrected chi connectivity index (χ3v) is 7.00. The number of amides is 2. The molecule has 166 valence electrons. The molecule has 32 heavy (non-hydrogen) atoms. The second-order valence-electron chi connectivity index (χ2n) is 8.85. The fraction of sp³-hybridized carbons (Fsp3) is 0.308. The van der Waals surface area contributed by atoms with Crippen molar-refractivity contribution in [1.82, 2.24) is 4.90 Å². The minimum atomic E-state index is -0.347. The average molecular weight is 451 g/mol. The van der Waals surface area contributed by atoms with E-state index in [2.05, 4.69) is 50.8 Å². The number of nitrogens with zero attached hydrogens (tertiary/aromatic N) is 2. The van der Waals surface area contributed by atoms with Crippen molar-refractivity contribution >= 4 is 40.2 Å². The summed E-state index contributed by atoms with van der Waals surface area (Å²) in [4.78, 5) is 29.5. The molecule has 2 aromatic carbocycles. The van der Waals surface area contributed by atoms with Crippen LogP contribution in [0.2, 0.25) is 0 Å². The van der Waals surface area contributed by atoms with Crippen molar-refractivity contribution in [2.45, 2.75) is 46.7 Å². The van der Waals surface area contributed by atoms with Crippen molar-refractivity contribution in [3.63, 3.8) is 0 Å². The molecule has 0 atom stereocenters. The maximum absolute atomic E-state index is 13.2. The molecule has 2 aromatic rings. The number of fused-ring (bicyclic) bond motifs is 1. The zero-order chi connectivity index (χ0) is 23.2. The lowest BCUT2D eigenvalue weighted by Crippen LogP contribution is -2.44. The minimum Gasteiger partial charge on any atom is -0.363 e. The Hall–Kier alpha value is -2.86. The molecule has 6 heteroatoms. The smallest absolute Gasteiger partial charge is 0.293 e. The number of carbonyl (C=O) groups is 2. The first-order valence-corrected chi connectivity index (χ1v) is 11.5. The Labute approximate surface area is 192 Å². The van der Waals surface area contributed by atoms with Crippen molar-refractivity contribution in [2.24, 2.45) is 0 Å². The van der Waals surface area contributed by atoms with Crippen molar-refractivity contribution in [2.75, 3.05) is 11.4 Å². The van der Waals surface area contributed by atoms with E-state index in [1.165, 1.54) is 28.3 Å². The Morgan fingerprint density at radius 2 is 1.78 bits per heavy atom. The first-order valence-electron chi connectivity index (χ1n) is 10.7. The number of carbonyl (C=O) groups excluding carboxylic acids is 2. The molecule has 0 bridgehead atoms. The highest BCUT2D eigenvalue weighted by Crippen LogP contribution is 2.41. The molecular formula is C26H27FN2O2S. The van der Waals surface area contributed by atoms with Crippen LogP contribution in [0.4, 0.5) is 14.9 Å². The van der Waals surface area contributed by atoms with E-state index in [1.807, 2.05) is 13.0 Å². The number of anilines is 1. The molecular weight excluding hydrogens is 423 g/mol. The van der Waals surface area contributed by atoms with Gasteiger partial charge in [0.1, 0.15) is 5.82 Å². The zero-order valence-corrected chi connectivity index (χ0v) is 19.8. The fourth-order valence-corrected chi connectivity index (χ4v) is 5.36. The molecule has 0 radical (unpaired) electrons. The second kappa shape index (κ2) is 8.24. The van der Waals surface area contributed by atoms with Crippen LogP contribution in [-0.4, -0.2) is 28.1 Å². The van der Waals surface area contributed by atoms with Crippen molar-refractivity contribution in [3.8, 4) is 0 Å². The number of aryl methyl sites for hydroxylation is 1. The molecule has 0 unspecified atom stereocenters. The summed E-state index contributed by atoms with van der Waals surface area (Å²) in [5, 5.41) is -0.309. The highest BCUT2D eigenvalue weighted by atomic mass is 32.2. The number of benzene rings is 2. The summed E-state index contributed by atoms with van der Waals surface area (Å²) in [6.07, 6.45) is 4.09. The van der Waals surface area contributed by atoms with Gasteiger partial charge >= 0.3 is 0 Å². The Bertz CT molecular complexity index is 1170. The van der Waals surface area contributed by atoms with Gasteiger partial charge < -0.3 is 4.90 Å². The van der Waals surface area contributed by atoms with Crippen molar-refractivity contribution in [3.05, 3.63) is 75.5 Å². The van der Waals surface area contributed by atoms with E-state index in [0.29, 0.717) is 10.5 Å². The van der Waals surface area contributed by atoms with E-state index in [1.54, 1.807) is 12.1 Å². The highest BCUT2D eigenvalue weighted by Gasteiger charge is 2.35. The third kappa shape index (κ3) is 3.99.